The Morgan fingerprint density at radius 3 is 2.12 bits per heavy atom. The summed E-state index contributed by atoms with van der Waals surface area (Å²) >= 11 is 0. The van der Waals surface area contributed by atoms with Crippen molar-refractivity contribution in [2.45, 2.75) is 64.1 Å². The van der Waals surface area contributed by atoms with E-state index >= 15 is 0 Å². The minimum Gasteiger partial charge on any atom is -0.379 e. The van der Waals surface area contributed by atoms with E-state index in [1.807, 2.05) is 28.6 Å². The molecule has 0 bridgehead atoms. The summed E-state index contributed by atoms with van der Waals surface area (Å²) in [6, 6.07) is 0. The average Bonchev–Trinajstić information content (AvgIpc) is 2.49. The fourth-order valence-corrected chi connectivity index (χ4v) is 4.14. The van der Waals surface area contributed by atoms with Crippen LogP contribution in [0, 0.1) is 5.92 Å². The number of hydrogen-bond donors (Lipinski definition) is 1. The van der Waals surface area contributed by atoms with Gasteiger partial charge in [-0.1, -0.05) is 56.2 Å². The van der Waals surface area contributed by atoms with E-state index in [-0.39, 0.29) is 10.2 Å². The maximum Gasteiger partial charge on any atom is 0.113 e. The first-order valence-corrected chi connectivity index (χ1v) is 11.3. The number of hydrogen-bond acceptors (Lipinski definition) is 6. The first-order chi connectivity index (χ1) is 11.3. The maximum absolute atomic E-state index is 5.99. The number of nitrogens with one attached hydrogen (secondary N) is 1. The lowest BCUT2D eigenvalue weighted by atomic mass is 10.1. The van der Waals surface area contributed by atoms with E-state index in [1.165, 1.54) is 0 Å². The molecule has 6 heteroatoms. The molecular weight excluding hydrogens is 342 g/mol. The molecule has 4 nitrogen and oxygen atoms in total. The lowest BCUT2D eigenvalue weighted by Gasteiger charge is -2.22. The predicted octanol–water partition coefficient (Wildman–Crippen LogP) is 4.59. The summed E-state index contributed by atoms with van der Waals surface area (Å²) in [5.41, 5.74) is 0.230. The van der Waals surface area contributed by atoms with Crippen molar-refractivity contribution in [2.24, 2.45) is 5.92 Å². The van der Waals surface area contributed by atoms with Crippen molar-refractivity contribution in [3.63, 3.8) is 0 Å². The van der Waals surface area contributed by atoms with Crippen molar-refractivity contribution in [2.75, 3.05) is 46.6 Å². The standard InChI is InChI=1S/C18H39NO3S2/c1-16(2)9-11-20-12-13-21-14-15-22-17(8-7-10-19-6)23-24-18(3,4)5/h16-17,19H,7-15H2,1-6H3. The highest BCUT2D eigenvalue weighted by molar-refractivity contribution is 8.77. The third kappa shape index (κ3) is 18.9. The second-order valence-corrected chi connectivity index (χ2v) is 10.4. The van der Waals surface area contributed by atoms with Crippen LogP contribution in [-0.4, -0.2) is 56.8 Å². The molecule has 0 saturated carbocycles. The van der Waals surface area contributed by atoms with Crippen LogP contribution in [0.4, 0.5) is 0 Å². The van der Waals surface area contributed by atoms with Crippen LogP contribution in [0.5, 0.6) is 0 Å². The second kappa shape index (κ2) is 15.8. The summed E-state index contributed by atoms with van der Waals surface area (Å²) in [4.78, 5) is 0. The monoisotopic (exact) mass is 381 g/mol. The van der Waals surface area contributed by atoms with Gasteiger partial charge in [-0.3, -0.25) is 0 Å². The van der Waals surface area contributed by atoms with Crippen LogP contribution in [0.2, 0.25) is 0 Å². The van der Waals surface area contributed by atoms with Crippen LogP contribution >= 0.6 is 21.6 Å². The molecule has 1 N–H and O–H groups in total. The van der Waals surface area contributed by atoms with Gasteiger partial charge >= 0.3 is 0 Å². The van der Waals surface area contributed by atoms with E-state index in [2.05, 4.69) is 39.9 Å². The second-order valence-electron chi connectivity index (χ2n) is 7.25. The Kier molecular flexibility index (Phi) is 16.1. The third-order valence-electron chi connectivity index (χ3n) is 3.02. The van der Waals surface area contributed by atoms with Crippen molar-refractivity contribution in [1.82, 2.24) is 5.32 Å². The number of ether oxygens (including phenoxy) is 3. The van der Waals surface area contributed by atoms with Gasteiger partial charge in [0.2, 0.25) is 0 Å². The topological polar surface area (TPSA) is 39.7 Å². The average molecular weight is 382 g/mol. The van der Waals surface area contributed by atoms with Crippen molar-refractivity contribution in [3.05, 3.63) is 0 Å². The Morgan fingerprint density at radius 1 is 0.917 bits per heavy atom. The Hall–Kier alpha value is 0.540. The molecule has 0 aliphatic heterocycles. The van der Waals surface area contributed by atoms with Gasteiger partial charge in [0.1, 0.15) is 5.44 Å². The van der Waals surface area contributed by atoms with Crippen LogP contribution in [0.1, 0.15) is 53.9 Å². The van der Waals surface area contributed by atoms with Crippen molar-refractivity contribution >= 4 is 21.6 Å². The van der Waals surface area contributed by atoms with Crippen molar-refractivity contribution < 1.29 is 14.2 Å². The fourth-order valence-electron chi connectivity index (χ4n) is 1.68. The normalized spacial score (nSPS) is 13.6. The van der Waals surface area contributed by atoms with E-state index in [1.54, 1.807) is 0 Å². The van der Waals surface area contributed by atoms with Crippen molar-refractivity contribution in [3.8, 4) is 0 Å². The van der Waals surface area contributed by atoms with Gasteiger partial charge < -0.3 is 19.5 Å². The highest BCUT2D eigenvalue weighted by Crippen LogP contribution is 2.39. The summed E-state index contributed by atoms with van der Waals surface area (Å²) in [6.45, 7) is 15.6. The van der Waals surface area contributed by atoms with Crippen LogP contribution in [0.25, 0.3) is 0 Å². The van der Waals surface area contributed by atoms with Crippen LogP contribution in [-0.2, 0) is 14.2 Å². The molecule has 1 unspecified atom stereocenters. The Bertz CT molecular complexity index is 273. The smallest absolute Gasteiger partial charge is 0.113 e. The molecule has 0 aromatic heterocycles. The molecule has 0 aliphatic rings. The zero-order valence-electron chi connectivity index (χ0n) is 16.6. The van der Waals surface area contributed by atoms with Gasteiger partial charge in [0.25, 0.3) is 0 Å². The molecule has 0 aromatic rings. The first-order valence-electron chi connectivity index (χ1n) is 9.11. The Labute approximate surface area is 157 Å². The highest BCUT2D eigenvalue weighted by Gasteiger charge is 2.17. The molecular formula is C18H39NO3S2. The summed E-state index contributed by atoms with van der Waals surface area (Å²) in [5, 5.41) is 3.19. The van der Waals surface area contributed by atoms with Crippen LogP contribution in [0.3, 0.4) is 0 Å². The minimum atomic E-state index is 0.230. The fraction of sp³-hybridized carbons (Fsp3) is 1.00. The lowest BCUT2D eigenvalue weighted by Crippen LogP contribution is -2.17. The van der Waals surface area contributed by atoms with Crippen molar-refractivity contribution in [1.29, 1.82) is 0 Å². The SMILES string of the molecule is CNCCCC(OCCOCCOCCC(C)C)SSC(C)(C)C. The van der Waals surface area contributed by atoms with Gasteiger partial charge in [0.05, 0.1) is 26.4 Å². The van der Waals surface area contributed by atoms with Gasteiger partial charge in [0, 0.05) is 11.4 Å². The summed E-state index contributed by atoms with van der Waals surface area (Å²) < 4.78 is 17.4. The largest absolute Gasteiger partial charge is 0.379 e. The van der Waals surface area contributed by atoms with Gasteiger partial charge in [-0.15, -0.1) is 0 Å². The van der Waals surface area contributed by atoms with Crippen LogP contribution < -0.4 is 5.32 Å². The molecule has 0 radical (unpaired) electrons. The minimum absolute atomic E-state index is 0.230. The molecule has 0 rings (SSSR count). The van der Waals surface area contributed by atoms with E-state index < -0.39 is 0 Å². The number of rotatable bonds is 16. The summed E-state index contributed by atoms with van der Waals surface area (Å²) in [5.74, 6) is 0.697. The van der Waals surface area contributed by atoms with Crippen LogP contribution in [0.15, 0.2) is 0 Å². The highest BCUT2D eigenvalue weighted by atomic mass is 33.1. The molecule has 146 valence electrons. The Balaban J connectivity index is 3.68. The maximum atomic E-state index is 5.99. The van der Waals surface area contributed by atoms with Gasteiger partial charge in [-0.25, -0.2) is 0 Å². The van der Waals surface area contributed by atoms with Gasteiger partial charge in [-0.2, -0.15) is 0 Å². The van der Waals surface area contributed by atoms with Gasteiger partial charge in [-0.05, 0) is 38.8 Å². The van der Waals surface area contributed by atoms with Gasteiger partial charge in [0.15, 0.2) is 0 Å². The third-order valence-corrected chi connectivity index (χ3v) is 6.63. The molecule has 0 amide bonds. The first kappa shape index (κ1) is 24.5. The molecule has 1 atom stereocenters. The molecule has 24 heavy (non-hydrogen) atoms. The molecule has 0 aromatic carbocycles. The summed E-state index contributed by atoms with van der Waals surface area (Å²) in [7, 11) is 5.72. The molecule has 0 aliphatic carbocycles. The Morgan fingerprint density at radius 2 is 1.54 bits per heavy atom. The van der Waals surface area contributed by atoms with E-state index in [4.69, 9.17) is 14.2 Å². The molecule has 0 heterocycles. The zero-order valence-corrected chi connectivity index (χ0v) is 18.2. The quantitative estimate of drug-likeness (QED) is 0.240. The van der Waals surface area contributed by atoms with E-state index in [0.29, 0.717) is 32.3 Å². The molecule has 0 spiro atoms. The van der Waals surface area contributed by atoms with E-state index in [9.17, 15) is 0 Å². The molecule has 0 fully saturated rings. The lowest BCUT2D eigenvalue weighted by molar-refractivity contribution is 0.00644. The summed E-state index contributed by atoms with van der Waals surface area (Å²) in [6.07, 6.45) is 3.30. The zero-order chi connectivity index (χ0) is 18.3. The molecule has 0 saturated heterocycles. The van der Waals surface area contributed by atoms with E-state index in [0.717, 1.165) is 32.4 Å². The predicted molar refractivity (Wildman–Crippen MR) is 109 cm³/mol.